The lowest BCUT2D eigenvalue weighted by Gasteiger charge is -2.36. The molecule has 1 amide bonds. The number of piperidine rings is 1. The number of halogens is 1. The molecule has 1 aliphatic heterocycles. The number of pyridine rings is 2. The first kappa shape index (κ1) is 18.7. The van der Waals surface area contributed by atoms with E-state index in [1.807, 2.05) is 0 Å². The molecule has 0 aromatic carbocycles. The quantitative estimate of drug-likeness (QED) is 0.487. The van der Waals surface area contributed by atoms with Crippen molar-refractivity contribution in [2.45, 2.75) is 37.8 Å². The minimum Gasteiger partial charge on any atom is -0.481 e. The molecule has 1 N–H and O–H groups in total. The van der Waals surface area contributed by atoms with E-state index in [1.54, 1.807) is 12.1 Å². The van der Waals surface area contributed by atoms with Crippen molar-refractivity contribution in [3.05, 3.63) is 40.2 Å². The lowest BCUT2D eigenvalue weighted by molar-refractivity contribution is 0.0970. The normalized spacial score (nSPS) is 19.6. The molecule has 3 heterocycles. The average molecular weight is 374 g/mol. The van der Waals surface area contributed by atoms with Crippen LogP contribution in [0, 0.1) is 5.82 Å². The topological polar surface area (TPSA) is 124 Å². The van der Waals surface area contributed by atoms with Gasteiger partial charge in [-0.25, -0.2) is 14.2 Å². The molecule has 1 aliphatic rings. The van der Waals surface area contributed by atoms with Crippen LogP contribution in [0.3, 0.4) is 0 Å². The number of carboxylic acid groups (broad SMARTS) is 1. The number of methoxy groups -OCH3 is 1. The number of rotatable bonds is 5. The first-order valence-electron chi connectivity index (χ1n) is 8.55. The summed E-state index contributed by atoms with van der Waals surface area (Å²) in [5, 5.41) is 13.1. The van der Waals surface area contributed by atoms with Crippen molar-refractivity contribution in [3.8, 4) is 5.88 Å². The molecule has 0 spiro atoms. The van der Waals surface area contributed by atoms with Crippen LogP contribution in [-0.2, 0) is 6.42 Å². The molecular weight excluding hydrogens is 355 g/mol. The number of fused-ring (bicyclic) bond motifs is 1. The Kier molecular flexibility index (Phi) is 5.56. The number of hydrogen-bond donors (Lipinski definition) is 1. The van der Waals surface area contributed by atoms with Crippen LogP contribution in [0.15, 0.2) is 23.4 Å². The third-order valence-electron chi connectivity index (χ3n) is 4.82. The standard InChI is InChI=1S/C17H19FN6O3/c1-27-15-7-6-14-16(21-15)12(13(18)8-20-14)5-4-11-3-2-10(22-23-19)9-24(11)17(25)26/h6-8,10-11H,2-5,9H2,1H3,(H,25,26)/t10-,11+/m0/s1. The number of amides is 1. The Morgan fingerprint density at radius 1 is 1.52 bits per heavy atom. The SMILES string of the molecule is COc1ccc2ncc(F)c(CC[C@H]3CC[C@H](N=[N+]=[N-])CN3C(=O)O)c2n1. The molecule has 2 atom stereocenters. The third-order valence-corrected chi connectivity index (χ3v) is 4.82. The Labute approximate surface area is 154 Å². The number of nitrogens with zero attached hydrogens (tertiary/aromatic N) is 6. The number of hydrogen-bond acceptors (Lipinski definition) is 5. The van der Waals surface area contributed by atoms with Crippen LogP contribution in [-0.4, -0.2) is 51.8 Å². The van der Waals surface area contributed by atoms with E-state index in [2.05, 4.69) is 20.0 Å². The lowest BCUT2D eigenvalue weighted by atomic mass is 9.93. The molecule has 0 unspecified atom stereocenters. The molecule has 1 saturated heterocycles. The predicted octanol–water partition coefficient (Wildman–Crippen LogP) is 3.53. The Morgan fingerprint density at radius 3 is 3.04 bits per heavy atom. The minimum absolute atomic E-state index is 0.149. The Morgan fingerprint density at radius 2 is 2.33 bits per heavy atom. The Bertz CT molecular complexity index is 902. The maximum absolute atomic E-state index is 14.4. The Balaban J connectivity index is 1.82. The summed E-state index contributed by atoms with van der Waals surface area (Å²) < 4.78 is 19.5. The van der Waals surface area contributed by atoms with Crippen LogP contribution in [0.25, 0.3) is 21.5 Å². The molecule has 9 nitrogen and oxygen atoms in total. The summed E-state index contributed by atoms with van der Waals surface area (Å²) in [5.74, 6) is -0.119. The first-order valence-corrected chi connectivity index (χ1v) is 8.55. The summed E-state index contributed by atoms with van der Waals surface area (Å²) in [5.41, 5.74) is 9.92. The van der Waals surface area contributed by atoms with Gasteiger partial charge in [0.25, 0.3) is 0 Å². The molecule has 2 aromatic rings. The molecule has 0 aliphatic carbocycles. The van der Waals surface area contributed by atoms with Crippen LogP contribution in [0.2, 0.25) is 0 Å². The number of ether oxygens (including phenoxy) is 1. The van der Waals surface area contributed by atoms with E-state index < -0.39 is 11.9 Å². The smallest absolute Gasteiger partial charge is 0.407 e. The fraction of sp³-hybridized carbons (Fsp3) is 0.471. The summed E-state index contributed by atoms with van der Waals surface area (Å²) in [6, 6.07) is 2.71. The summed E-state index contributed by atoms with van der Waals surface area (Å²) in [6.07, 6.45) is 1.98. The van der Waals surface area contributed by atoms with Gasteiger partial charge >= 0.3 is 6.09 Å². The minimum atomic E-state index is -1.07. The van der Waals surface area contributed by atoms with Crippen molar-refractivity contribution < 1.29 is 19.0 Å². The van der Waals surface area contributed by atoms with Gasteiger partial charge in [0, 0.05) is 29.1 Å². The second kappa shape index (κ2) is 8.05. The van der Waals surface area contributed by atoms with Gasteiger partial charge in [0.2, 0.25) is 5.88 Å². The van der Waals surface area contributed by atoms with Crippen LogP contribution >= 0.6 is 0 Å². The number of azide groups is 1. The molecule has 142 valence electrons. The van der Waals surface area contributed by atoms with Crippen molar-refractivity contribution in [2.75, 3.05) is 13.7 Å². The van der Waals surface area contributed by atoms with Crippen molar-refractivity contribution >= 4 is 17.1 Å². The van der Waals surface area contributed by atoms with Crippen molar-refractivity contribution in [2.24, 2.45) is 5.11 Å². The summed E-state index contributed by atoms with van der Waals surface area (Å²) in [6.45, 7) is 0.149. The van der Waals surface area contributed by atoms with Crippen LogP contribution in [0.4, 0.5) is 9.18 Å². The number of carbonyl (C=O) groups is 1. The van der Waals surface area contributed by atoms with E-state index in [-0.39, 0.29) is 18.6 Å². The molecule has 0 radical (unpaired) electrons. The van der Waals surface area contributed by atoms with Gasteiger partial charge in [-0.2, -0.15) is 0 Å². The number of aromatic nitrogens is 2. The van der Waals surface area contributed by atoms with E-state index in [0.29, 0.717) is 48.2 Å². The van der Waals surface area contributed by atoms with Gasteiger partial charge in [0.05, 0.1) is 30.4 Å². The monoisotopic (exact) mass is 374 g/mol. The third kappa shape index (κ3) is 4.01. The zero-order valence-electron chi connectivity index (χ0n) is 14.7. The molecule has 1 fully saturated rings. The summed E-state index contributed by atoms with van der Waals surface area (Å²) in [4.78, 5) is 23.9. The number of likely N-dealkylation sites (tertiary alicyclic amines) is 1. The van der Waals surface area contributed by atoms with Gasteiger partial charge < -0.3 is 14.7 Å². The highest BCUT2D eigenvalue weighted by Gasteiger charge is 2.31. The first-order chi connectivity index (χ1) is 13.0. The van der Waals surface area contributed by atoms with E-state index >= 15 is 0 Å². The lowest BCUT2D eigenvalue weighted by Crippen LogP contribution is -2.47. The van der Waals surface area contributed by atoms with Crippen molar-refractivity contribution in [1.29, 1.82) is 0 Å². The second-order valence-electron chi connectivity index (χ2n) is 6.37. The molecule has 10 heteroatoms. The summed E-state index contributed by atoms with van der Waals surface area (Å²) >= 11 is 0. The molecule has 2 aromatic heterocycles. The van der Waals surface area contributed by atoms with E-state index in [4.69, 9.17) is 10.3 Å². The largest absolute Gasteiger partial charge is 0.481 e. The highest BCUT2D eigenvalue weighted by Crippen LogP contribution is 2.27. The van der Waals surface area contributed by atoms with E-state index in [1.165, 1.54) is 12.0 Å². The maximum atomic E-state index is 14.4. The average Bonchev–Trinajstić information content (AvgIpc) is 2.67. The number of aryl methyl sites for hydroxylation is 1. The highest BCUT2D eigenvalue weighted by molar-refractivity contribution is 5.78. The van der Waals surface area contributed by atoms with Gasteiger partial charge in [-0.15, -0.1) is 0 Å². The van der Waals surface area contributed by atoms with Gasteiger partial charge in [0.15, 0.2) is 0 Å². The van der Waals surface area contributed by atoms with Gasteiger partial charge in [-0.1, -0.05) is 5.11 Å². The van der Waals surface area contributed by atoms with Gasteiger partial charge in [0.1, 0.15) is 5.82 Å². The van der Waals surface area contributed by atoms with E-state index in [9.17, 15) is 14.3 Å². The van der Waals surface area contributed by atoms with Gasteiger partial charge in [-0.3, -0.25) is 4.98 Å². The predicted molar refractivity (Wildman–Crippen MR) is 95.1 cm³/mol. The molecule has 0 bridgehead atoms. The zero-order chi connectivity index (χ0) is 19.4. The van der Waals surface area contributed by atoms with Crippen molar-refractivity contribution in [3.63, 3.8) is 0 Å². The van der Waals surface area contributed by atoms with Crippen molar-refractivity contribution in [1.82, 2.24) is 14.9 Å². The maximum Gasteiger partial charge on any atom is 0.407 e. The fourth-order valence-corrected chi connectivity index (χ4v) is 3.45. The zero-order valence-corrected chi connectivity index (χ0v) is 14.7. The fourth-order valence-electron chi connectivity index (χ4n) is 3.45. The summed E-state index contributed by atoms with van der Waals surface area (Å²) in [7, 11) is 1.48. The molecule has 0 saturated carbocycles. The molecule has 27 heavy (non-hydrogen) atoms. The van der Waals surface area contributed by atoms with Crippen LogP contribution in [0.5, 0.6) is 5.88 Å². The highest BCUT2D eigenvalue weighted by atomic mass is 19.1. The molecular formula is C17H19FN6O3. The van der Waals surface area contributed by atoms with Gasteiger partial charge in [-0.05, 0) is 37.3 Å². The van der Waals surface area contributed by atoms with Crippen LogP contribution < -0.4 is 4.74 Å². The Hall–Kier alpha value is -3.13. The van der Waals surface area contributed by atoms with Crippen LogP contribution in [0.1, 0.15) is 24.8 Å². The molecule has 3 rings (SSSR count). The van der Waals surface area contributed by atoms with E-state index in [0.717, 1.165) is 6.20 Å². The second-order valence-corrected chi connectivity index (χ2v) is 6.37.